The molecule has 1 nitrogen and oxygen atoms in total. The third-order valence-corrected chi connectivity index (χ3v) is 2.35. The third-order valence-electron chi connectivity index (χ3n) is 1.39. The molecule has 0 spiro atoms. The van der Waals surface area contributed by atoms with Gasteiger partial charge in [-0.3, -0.25) is 4.79 Å². The van der Waals surface area contributed by atoms with E-state index in [2.05, 4.69) is 0 Å². The Hall–Kier alpha value is -0.540. The van der Waals surface area contributed by atoms with Crippen LogP contribution in [0.2, 0.25) is 0 Å². The fourth-order valence-electron chi connectivity index (χ4n) is 0.820. The van der Waals surface area contributed by atoms with Crippen molar-refractivity contribution < 1.29 is 9.18 Å². The predicted octanol–water partition coefficient (Wildman–Crippen LogP) is 2.93. The van der Waals surface area contributed by atoms with Crippen molar-refractivity contribution in [3.8, 4) is 0 Å². The van der Waals surface area contributed by atoms with E-state index in [-0.39, 0.29) is 5.56 Å². The van der Waals surface area contributed by atoms with Crippen LogP contribution >= 0.6 is 23.4 Å². The van der Waals surface area contributed by atoms with Gasteiger partial charge in [0.05, 0.1) is 5.56 Å². The maximum absolute atomic E-state index is 13.2. The Labute approximate surface area is 78.9 Å². The topological polar surface area (TPSA) is 17.1 Å². The summed E-state index contributed by atoms with van der Waals surface area (Å²) in [5, 5.41) is -0.761. The Morgan fingerprint density at radius 2 is 2.25 bits per heavy atom. The second-order valence-electron chi connectivity index (χ2n) is 2.10. The molecule has 0 bridgehead atoms. The van der Waals surface area contributed by atoms with Gasteiger partial charge in [-0.2, -0.15) is 0 Å². The summed E-state index contributed by atoms with van der Waals surface area (Å²) in [5.41, 5.74) is -0.0662. The summed E-state index contributed by atoms with van der Waals surface area (Å²) in [6, 6.07) is 4.57. The van der Waals surface area contributed by atoms with Crippen molar-refractivity contribution >= 4 is 28.6 Å². The quantitative estimate of drug-likeness (QED) is 0.544. The van der Waals surface area contributed by atoms with Crippen LogP contribution in [0.4, 0.5) is 4.39 Å². The lowest BCUT2D eigenvalue weighted by Crippen LogP contribution is -1.95. The van der Waals surface area contributed by atoms with Gasteiger partial charge in [-0.25, -0.2) is 4.39 Å². The third kappa shape index (κ3) is 1.79. The van der Waals surface area contributed by atoms with Crippen molar-refractivity contribution in [3.63, 3.8) is 0 Å². The van der Waals surface area contributed by atoms with E-state index in [0.29, 0.717) is 4.90 Å². The van der Waals surface area contributed by atoms with E-state index < -0.39 is 11.1 Å². The number of carbonyl (C=O) groups is 1. The molecule has 0 unspecified atom stereocenters. The number of carbonyl (C=O) groups excluding carboxylic acids is 1. The average molecular weight is 205 g/mol. The smallest absolute Gasteiger partial charge is 0.255 e. The zero-order valence-electron chi connectivity index (χ0n) is 6.30. The maximum Gasteiger partial charge on any atom is 0.255 e. The molecule has 1 aromatic carbocycles. The predicted molar refractivity (Wildman–Crippen MR) is 48.4 cm³/mol. The molecule has 12 heavy (non-hydrogen) atoms. The molecule has 64 valence electrons. The van der Waals surface area contributed by atoms with Crippen LogP contribution in [-0.4, -0.2) is 11.5 Å². The SMILES string of the molecule is CSc1cccc(C(=O)Cl)c1F. The van der Waals surface area contributed by atoms with Crippen molar-refractivity contribution in [2.24, 2.45) is 0 Å². The molecule has 0 aromatic heterocycles. The number of hydrogen-bond acceptors (Lipinski definition) is 2. The van der Waals surface area contributed by atoms with E-state index in [4.69, 9.17) is 11.6 Å². The number of hydrogen-bond donors (Lipinski definition) is 0. The van der Waals surface area contributed by atoms with Gasteiger partial charge in [0.2, 0.25) is 0 Å². The van der Waals surface area contributed by atoms with Crippen LogP contribution < -0.4 is 0 Å². The van der Waals surface area contributed by atoms with E-state index >= 15 is 0 Å². The van der Waals surface area contributed by atoms with Crippen molar-refractivity contribution in [3.05, 3.63) is 29.6 Å². The summed E-state index contributed by atoms with van der Waals surface area (Å²) < 4.78 is 13.2. The minimum Gasteiger partial charge on any atom is -0.275 e. The first-order valence-electron chi connectivity index (χ1n) is 3.19. The largest absolute Gasteiger partial charge is 0.275 e. The van der Waals surface area contributed by atoms with Crippen molar-refractivity contribution in [1.82, 2.24) is 0 Å². The Morgan fingerprint density at radius 1 is 1.58 bits per heavy atom. The molecule has 0 radical (unpaired) electrons. The first-order valence-corrected chi connectivity index (χ1v) is 4.79. The van der Waals surface area contributed by atoms with Crippen LogP contribution in [0.3, 0.4) is 0 Å². The van der Waals surface area contributed by atoms with Gasteiger partial charge in [0, 0.05) is 4.90 Å². The second kappa shape index (κ2) is 3.92. The summed E-state index contributed by atoms with van der Waals surface area (Å²) in [5.74, 6) is -0.537. The maximum atomic E-state index is 13.2. The minimum absolute atomic E-state index is 0.0662. The Morgan fingerprint density at radius 3 is 2.75 bits per heavy atom. The van der Waals surface area contributed by atoms with Crippen LogP contribution in [0.15, 0.2) is 23.1 Å². The van der Waals surface area contributed by atoms with Gasteiger partial charge < -0.3 is 0 Å². The molecule has 0 heterocycles. The Kier molecular flexibility index (Phi) is 3.12. The molecular formula is C8H6ClFOS. The first kappa shape index (κ1) is 9.55. The molecule has 0 saturated heterocycles. The zero-order chi connectivity index (χ0) is 9.14. The van der Waals surface area contributed by atoms with E-state index in [0.717, 1.165) is 0 Å². The normalized spacial score (nSPS) is 9.92. The van der Waals surface area contributed by atoms with Gasteiger partial charge in [-0.05, 0) is 30.0 Å². The highest BCUT2D eigenvalue weighted by molar-refractivity contribution is 7.98. The van der Waals surface area contributed by atoms with Gasteiger partial charge in [0.25, 0.3) is 5.24 Å². The summed E-state index contributed by atoms with van der Waals surface area (Å²) in [7, 11) is 0. The van der Waals surface area contributed by atoms with Gasteiger partial charge >= 0.3 is 0 Å². The molecule has 0 atom stereocenters. The highest BCUT2D eigenvalue weighted by Gasteiger charge is 2.11. The molecule has 0 N–H and O–H groups in total. The zero-order valence-corrected chi connectivity index (χ0v) is 7.88. The van der Waals surface area contributed by atoms with Crippen LogP contribution in [0.1, 0.15) is 10.4 Å². The molecule has 0 fully saturated rings. The molecular weight excluding hydrogens is 199 g/mol. The Balaban J connectivity index is 3.23. The first-order chi connectivity index (χ1) is 5.66. The molecule has 0 amide bonds. The lowest BCUT2D eigenvalue weighted by molar-refractivity contribution is 0.107. The average Bonchev–Trinajstić information content (AvgIpc) is 2.04. The molecule has 1 aromatic rings. The fraction of sp³-hybridized carbons (Fsp3) is 0.125. The van der Waals surface area contributed by atoms with E-state index in [1.54, 1.807) is 18.4 Å². The summed E-state index contributed by atoms with van der Waals surface area (Å²) in [6.07, 6.45) is 1.74. The van der Waals surface area contributed by atoms with Gasteiger partial charge in [-0.15, -0.1) is 11.8 Å². The highest BCUT2D eigenvalue weighted by atomic mass is 35.5. The number of halogens is 2. The molecule has 0 aliphatic carbocycles. The van der Waals surface area contributed by atoms with E-state index in [9.17, 15) is 9.18 Å². The standard InChI is InChI=1S/C8H6ClFOS/c1-12-6-4-2-3-5(7(6)10)8(9)11/h2-4H,1H3. The summed E-state index contributed by atoms with van der Waals surface area (Å²) in [4.78, 5) is 11.1. The van der Waals surface area contributed by atoms with Crippen molar-refractivity contribution in [2.45, 2.75) is 4.90 Å². The van der Waals surface area contributed by atoms with Gasteiger partial charge in [-0.1, -0.05) is 6.07 Å². The van der Waals surface area contributed by atoms with Crippen LogP contribution in [0, 0.1) is 5.82 Å². The van der Waals surface area contributed by atoms with Gasteiger partial charge in [0.1, 0.15) is 5.82 Å². The van der Waals surface area contributed by atoms with Crippen molar-refractivity contribution in [1.29, 1.82) is 0 Å². The van der Waals surface area contributed by atoms with Crippen LogP contribution in [-0.2, 0) is 0 Å². The van der Waals surface area contributed by atoms with Crippen molar-refractivity contribution in [2.75, 3.05) is 6.26 Å². The van der Waals surface area contributed by atoms with Gasteiger partial charge in [0.15, 0.2) is 0 Å². The van der Waals surface area contributed by atoms with E-state index in [1.807, 2.05) is 0 Å². The number of thioether (sulfide) groups is 1. The molecule has 1 rings (SSSR count). The fourth-order valence-corrected chi connectivity index (χ4v) is 1.47. The lowest BCUT2D eigenvalue weighted by atomic mass is 10.2. The lowest BCUT2D eigenvalue weighted by Gasteiger charge is -2.00. The molecule has 0 aliphatic rings. The van der Waals surface area contributed by atoms with Crippen LogP contribution in [0.5, 0.6) is 0 Å². The van der Waals surface area contributed by atoms with Crippen LogP contribution in [0.25, 0.3) is 0 Å². The highest BCUT2D eigenvalue weighted by Crippen LogP contribution is 2.22. The second-order valence-corrected chi connectivity index (χ2v) is 3.29. The number of benzene rings is 1. The monoisotopic (exact) mass is 204 g/mol. The molecule has 0 saturated carbocycles. The summed E-state index contributed by atoms with van der Waals surface area (Å²) >= 11 is 6.39. The molecule has 4 heteroatoms. The number of rotatable bonds is 2. The summed E-state index contributed by atoms with van der Waals surface area (Å²) in [6.45, 7) is 0. The Bertz CT molecular complexity index is 314. The molecule has 0 aliphatic heterocycles. The minimum atomic E-state index is -0.761. The van der Waals surface area contributed by atoms with E-state index in [1.165, 1.54) is 17.8 Å².